The summed E-state index contributed by atoms with van der Waals surface area (Å²) < 4.78 is 6.70. The summed E-state index contributed by atoms with van der Waals surface area (Å²) in [7, 11) is 0. The number of fused-ring (bicyclic) bond motifs is 1. The number of Topliss-reactive ketones (excluding diaryl/α,β-unsaturated/α-hetero) is 1. The highest BCUT2D eigenvalue weighted by Gasteiger charge is 2.23. The van der Waals surface area contributed by atoms with E-state index in [1.165, 1.54) is 4.68 Å². The Bertz CT molecular complexity index is 997. The van der Waals surface area contributed by atoms with E-state index in [0.29, 0.717) is 24.4 Å². The lowest BCUT2D eigenvalue weighted by Crippen LogP contribution is -2.19. The van der Waals surface area contributed by atoms with E-state index in [0.717, 1.165) is 10.9 Å². The molecule has 0 aliphatic rings. The summed E-state index contributed by atoms with van der Waals surface area (Å²) in [4.78, 5) is 28.3. The number of hydrogen-bond acceptors (Lipinski definition) is 6. The standard InChI is InChI=1S/C20H24N4O4/c1-20(2,3)19(27)13-4-5-15-14(10-13)11-16(21-15)18(26)17-12-24(23-22-17)6-8-28-9-7-25/h4-5,10-12,21,25H,6-9H2,1-3H3. The summed E-state index contributed by atoms with van der Waals surface area (Å²) in [5, 5.41) is 17.3. The van der Waals surface area contributed by atoms with Crippen LogP contribution in [0.4, 0.5) is 0 Å². The first-order chi connectivity index (χ1) is 13.3. The molecule has 8 heteroatoms. The minimum absolute atomic E-state index is 0.0372. The van der Waals surface area contributed by atoms with E-state index in [1.807, 2.05) is 20.8 Å². The molecule has 148 valence electrons. The molecule has 0 fully saturated rings. The lowest BCUT2D eigenvalue weighted by Gasteiger charge is -2.16. The lowest BCUT2D eigenvalue weighted by molar-refractivity contribution is 0.0851. The number of nitrogens with zero attached hydrogens (tertiary/aromatic N) is 3. The first-order valence-corrected chi connectivity index (χ1v) is 9.10. The van der Waals surface area contributed by atoms with Gasteiger partial charge in [-0.3, -0.25) is 9.59 Å². The van der Waals surface area contributed by atoms with Crippen molar-refractivity contribution in [2.45, 2.75) is 27.3 Å². The Hall–Kier alpha value is -2.84. The number of ether oxygens (including phenoxy) is 1. The number of carbonyl (C=O) groups excluding carboxylic acids is 2. The number of nitrogens with one attached hydrogen (secondary N) is 1. The molecule has 0 saturated carbocycles. The van der Waals surface area contributed by atoms with E-state index in [4.69, 9.17) is 9.84 Å². The topological polar surface area (TPSA) is 110 Å². The molecule has 0 atom stereocenters. The molecular weight excluding hydrogens is 360 g/mol. The molecule has 0 bridgehead atoms. The molecular formula is C20H24N4O4. The van der Waals surface area contributed by atoms with Crippen LogP contribution in [0.15, 0.2) is 30.5 Å². The van der Waals surface area contributed by atoms with E-state index in [2.05, 4.69) is 15.3 Å². The molecule has 0 saturated heterocycles. The van der Waals surface area contributed by atoms with Crippen LogP contribution in [-0.4, -0.2) is 56.5 Å². The van der Waals surface area contributed by atoms with Crippen molar-refractivity contribution >= 4 is 22.5 Å². The zero-order chi connectivity index (χ0) is 20.3. The van der Waals surface area contributed by atoms with Crippen LogP contribution in [0.2, 0.25) is 0 Å². The maximum absolute atomic E-state index is 12.7. The summed E-state index contributed by atoms with van der Waals surface area (Å²) >= 11 is 0. The van der Waals surface area contributed by atoms with E-state index >= 15 is 0 Å². The van der Waals surface area contributed by atoms with Gasteiger partial charge in [0, 0.05) is 21.9 Å². The van der Waals surface area contributed by atoms with Crippen LogP contribution in [0.1, 0.15) is 47.3 Å². The second-order valence-electron chi connectivity index (χ2n) is 7.60. The van der Waals surface area contributed by atoms with Crippen molar-refractivity contribution in [3.63, 3.8) is 0 Å². The van der Waals surface area contributed by atoms with Crippen molar-refractivity contribution in [2.24, 2.45) is 5.41 Å². The van der Waals surface area contributed by atoms with Gasteiger partial charge in [0.1, 0.15) is 0 Å². The van der Waals surface area contributed by atoms with Gasteiger partial charge < -0.3 is 14.8 Å². The van der Waals surface area contributed by atoms with Crippen molar-refractivity contribution < 1.29 is 19.4 Å². The molecule has 2 aromatic heterocycles. The van der Waals surface area contributed by atoms with Crippen molar-refractivity contribution in [1.29, 1.82) is 0 Å². The maximum Gasteiger partial charge on any atom is 0.231 e. The largest absolute Gasteiger partial charge is 0.394 e. The fourth-order valence-corrected chi connectivity index (χ4v) is 2.80. The second-order valence-corrected chi connectivity index (χ2v) is 7.60. The zero-order valence-corrected chi connectivity index (χ0v) is 16.2. The number of aliphatic hydroxyl groups excluding tert-OH is 1. The van der Waals surface area contributed by atoms with Crippen molar-refractivity contribution in [3.05, 3.63) is 47.4 Å². The summed E-state index contributed by atoms with van der Waals surface area (Å²) in [6.07, 6.45) is 1.56. The predicted molar refractivity (Wildman–Crippen MR) is 103 cm³/mol. The molecule has 3 rings (SSSR count). The number of ketones is 2. The molecule has 8 nitrogen and oxygen atoms in total. The van der Waals surface area contributed by atoms with Gasteiger partial charge in [-0.05, 0) is 24.3 Å². The number of rotatable bonds is 8. The lowest BCUT2D eigenvalue weighted by atomic mass is 9.86. The SMILES string of the molecule is CC(C)(C)C(=O)c1ccc2[nH]c(C(=O)c3cn(CCOCCO)nn3)cc2c1. The molecule has 1 aromatic carbocycles. The molecule has 0 radical (unpaired) electrons. The van der Waals surface area contributed by atoms with Gasteiger partial charge in [-0.2, -0.15) is 0 Å². The Morgan fingerprint density at radius 3 is 2.71 bits per heavy atom. The smallest absolute Gasteiger partial charge is 0.231 e. The molecule has 28 heavy (non-hydrogen) atoms. The summed E-state index contributed by atoms with van der Waals surface area (Å²) in [6.45, 7) is 6.66. The first kappa shape index (κ1) is 19.9. The number of carbonyl (C=O) groups is 2. The van der Waals surface area contributed by atoms with E-state index in [9.17, 15) is 9.59 Å². The minimum Gasteiger partial charge on any atom is -0.394 e. The number of aliphatic hydroxyl groups is 1. The van der Waals surface area contributed by atoms with Crippen molar-refractivity contribution in [3.8, 4) is 0 Å². The Morgan fingerprint density at radius 1 is 1.21 bits per heavy atom. The van der Waals surface area contributed by atoms with Gasteiger partial charge in [0.05, 0.1) is 38.3 Å². The van der Waals surface area contributed by atoms with Crippen LogP contribution in [-0.2, 0) is 11.3 Å². The Balaban J connectivity index is 1.77. The quantitative estimate of drug-likeness (QED) is 0.455. The number of aromatic amines is 1. The van der Waals surface area contributed by atoms with Crippen LogP contribution >= 0.6 is 0 Å². The van der Waals surface area contributed by atoms with Gasteiger partial charge in [0.2, 0.25) is 5.78 Å². The normalized spacial score (nSPS) is 11.9. The van der Waals surface area contributed by atoms with Crippen LogP contribution in [0.5, 0.6) is 0 Å². The fourth-order valence-electron chi connectivity index (χ4n) is 2.80. The monoisotopic (exact) mass is 384 g/mol. The number of aromatic nitrogens is 4. The van der Waals surface area contributed by atoms with Crippen LogP contribution in [0, 0.1) is 5.41 Å². The number of hydrogen-bond donors (Lipinski definition) is 2. The van der Waals surface area contributed by atoms with Gasteiger partial charge in [-0.15, -0.1) is 5.10 Å². The number of benzene rings is 1. The van der Waals surface area contributed by atoms with Crippen molar-refractivity contribution in [2.75, 3.05) is 19.8 Å². The van der Waals surface area contributed by atoms with Crippen LogP contribution in [0.25, 0.3) is 10.9 Å². The summed E-state index contributed by atoms with van der Waals surface area (Å²) in [5.41, 5.74) is 1.53. The first-order valence-electron chi connectivity index (χ1n) is 9.10. The highest BCUT2D eigenvalue weighted by atomic mass is 16.5. The van der Waals surface area contributed by atoms with E-state index < -0.39 is 5.41 Å². The third kappa shape index (κ3) is 4.35. The molecule has 0 unspecified atom stereocenters. The molecule has 2 heterocycles. The Labute approximate surface area is 162 Å². The van der Waals surface area contributed by atoms with Gasteiger partial charge >= 0.3 is 0 Å². The molecule has 0 aliphatic carbocycles. The van der Waals surface area contributed by atoms with Crippen LogP contribution in [0.3, 0.4) is 0 Å². The van der Waals surface area contributed by atoms with Gasteiger partial charge in [-0.25, -0.2) is 4.68 Å². The van der Waals surface area contributed by atoms with Gasteiger partial charge in [-0.1, -0.05) is 26.0 Å². The third-order valence-electron chi connectivity index (χ3n) is 4.28. The van der Waals surface area contributed by atoms with Gasteiger partial charge in [0.25, 0.3) is 0 Å². The molecule has 2 N–H and O–H groups in total. The summed E-state index contributed by atoms with van der Waals surface area (Å²) in [6, 6.07) is 7.09. The molecule has 0 aliphatic heterocycles. The minimum atomic E-state index is -0.470. The van der Waals surface area contributed by atoms with Crippen LogP contribution < -0.4 is 0 Å². The highest BCUT2D eigenvalue weighted by molar-refractivity contribution is 6.09. The average molecular weight is 384 g/mol. The predicted octanol–water partition coefficient (Wildman–Crippen LogP) is 2.23. The second kappa shape index (κ2) is 8.04. The Morgan fingerprint density at radius 2 is 2.00 bits per heavy atom. The molecule has 3 aromatic rings. The Kier molecular flexibility index (Phi) is 5.71. The summed E-state index contributed by atoms with van der Waals surface area (Å²) in [5.74, 6) is -0.225. The molecule has 0 amide bonds. The molecule has 0 spiro atoms. The number of H-pyrrole nitrogens is 1. The van der Waals surface area contributed by atoms with E-state index in [-0.39, 0.29) is 30.5 Å². The maximum atomic E-state index is 12.7. The fraction of sp³-hybridized carbons (Fsp3) is 0.400. The van der Waals surface area contributed by atoms with E-state index in [1.54, 1.807) is 30.5 Å². The zero-order valence-electron chi connectivity index (χ0n) is 16.2. The average Bonchev–Trinajstić information content (AvgIpc) is 3.29. The third-order valence-corrected chi connectivity index (χ3v) is 4.28. The van der Waals surface area contributed by atoms with Crippen molar-refractivity contribution in [1.82, 2.24) is 20.0 Å². The van der Waals surface area contributed by atoms with Gasteiger partial charge in [0.15, 0.2) is 11.5 Å². The highest BCUT2D eigenvalue weighted by Crippen LogP contribution is 2.24.